The molecule has 0 saturated carbocycles. The molecule has 2 rings (SSSR count). The van der Waals surface area contributed by atoms with Crippen LogP contribution in [0.25, 0.3) is 0 Å². The Bertz CT molecular complexity index is 458. The van der Waals surface area contributed by atoms with Gasteiger partial charge in [-0.25, -0.2) is 0 Å². The van der Waals surface area contributed by atoms with Gasteiger partial charge in [0.25, 0.3) is 0 Å². The fraction of sp³-hybridized carbons (Fsp3) is 0.562. The Kier molecular flexibility index (Phi) is 3.95. The van der Waals surface area contributed by atoms with Crippen LogP contribution in [-0.2, 0) is 10.2 Å². The highest BCUT2D eigenvalue weighted by Crippen LogP contribution is 2.30. The predicted molar refractivity (Wildman–Crippen MR) is 79.3 cm³/mol. The van der Waals surface area contributed by atoms with E-state index in [4.69, 9.17) is 0 Å². The van der Waals surface area contributed by atoms with Crippen LogP contribution < -0.4 is 10.6 Å². The molecule has 0 bridgehead atoms. The van der Waals surface area contributed by atoms with Crippen LogP contribution in [0.5, 0.6) is 0 Å². The van der Waals surface area contributed by atoms with Gasteiger partial charge in [0.2, 0.25) is 5.91 Å². The van der Waals surface area contributed by atoms with Crippen LogP contribution in [0.2, 0.25) is 0 Å². The quantitative estimate of drug-likeness (QED) is 0.877. The molecule has 0 spiro atoms. The van der Waals surface area contributed by atoms with Crippen LogP contribution in [0.15, 0.2) is 24.3 Å². The number of hydrogen-bond donors (Lipinski definition) is 2. The minimum absolute atomic E-state index is 0.0329. The van der Waals surface area contributed by atoms with E-state index in [1.807, 2.05) is 25.1 Å². The third-order valence-electron chi connectivity index (χ3n) is 3.93. The molecule has 1 unspecified atom stereocenters. The first kappa shape index (κ1) is 14.1. The Morgan fingerprint density at radius 3 is 2.47 bits per heavy atom. The summed E-state index contributed by atoms with van der Waals surface area (Å²) < 4.78 is 0. The summed E-state index contributed by atoms with van der Waals surface area (Å²) in [7, 11) is 0. The van der Waals surface area contributed by atoms with E-state index in [2.05, 4.69) is 37.5 Å². The highest BCUT2D eigenvalue weighted by molar-refractivity contribution is 5.93. The van der Waals surface area contributed by atoms with Gasteiger partial charge in [-0.1, -0.05) is 45.9 Å². The Balaban J connectivity index is 2.12. The first-order chi connectivity index (χ1) is 8.89. The first-order valence-electron chi connectivity index (χ1n) is 7.00. The number of anilines is 1. The second-order valence-electron chi connectivity index (χ2n) is 6.49. The molecule has 3 nitrogen and oxygen atoms in total. The fourth-order valence-corrected chi connectivity index (χ4v) is 2.37. The minimum atomic E-state index is 0.0329. The first-order valence-corrected chi connectivity index (χ1v) is 7.00. The van der Waals surface area contributed by atoms with Crippen LogP contribution >= 0.6 is 0 Å². The summed E-state index contributed by atoms with van der Waals surface area (Å²) in [5, 5.41) is 6.32. The maximum Gasteiger partial charge on any atom is 0.227 e. The van der Waals surface area contributed by atoms with Gasteiger partial charge < -0.3 is 10.6 Å². The highest BCUT2D eigenvalue weighted by atomic mass is 16.1. The van der Waals surface area contributed by atoms with Crippen molar-refractivity contribution in [2.45, 2.75) is 33.1 Å². The lowest BCUT2D eigenvalue weighted by Gasteiger charge is -2.32. The van der Waals surface area contributed by atoms with E-state index in [0.717, 1.165) is 18.8 Å². The number of rotatable bonds is 3. The third-order valence-corrected chi connectivity index (χ3v) is 3.93. The Morgan fingerprint density at radius 2 is 1.95 bits per heavy atom. The van der Waals surface area contributed by atoms with Gasteiger partial charge in [0.1, 0.15) is 0 Å². The van der Waals surface area contributed by atoms with Crippen molar-refractivity contribution in [2.24, 2.45) is 11.8 Å². The molecule has 0 aliphatic carbocycles. The van der Waals surface area contributed by atoms with E-state index < -0.39 is 0 Å². The van der Waals surface area contributed by atoms with E-state index in [1.165, 1.54) is 5.56 Å². The SMILES string of the molecule is CC(C(=O)Nc1ccccc1C(C)(C)C)C1CNC1. The van der Waals surface area contributed by atoms with Gasteiger partial charge in [-0.15, -0.1) is 0 Å². The summed E-state index contributed by atoms with van der Waals surface area (Å²) in [6.07, 6.45) is 0. The molecule has 0 radical (unpaired) electrons. The average Bonchev–Trinajstić information content (AvgIpc) is 2.25. The second-order valence-corrected chi connectivity index (χ2v) is 6.49. The summed E-state index contributed by atoms with van der Waals surface area (Å²) in [5.74, 6) is 0.666. The summed E-state index contributed by atoms with van der Waals surface area (Å²) in [6, 6.07) is 8.07. The second kappa shape index (κ2) is 5.33. The van der Waals surface area contributed by atoms with Gasteiger partial charge in [0.15, 0.2) is 0 Å². The zero-order chi connectivity index (χ0) is 14.0. The molecule has 2 N–H and O–H groups in total. The van der Waals surface area contributed by atoms with Gasteiger partial charge in [-0.2, -0.15) is 0 Å². The topological polar surface area (TPSA) is 41.1 Å². The number of benzene rings is 1. The molecule has 1 aromatic rings. The number of carbonyl (C=O) groups is 1. The molecular weight excluding hydrogens is 236 g/mol. The van der Waals surface area contributed by atoms with E-state index in [0.29, 0.717) is 5.92 Å². The number of carbonyl (C=O) groups excluding carboxylic acids is 1. The van der Waals surface area contributed by atoms with Crippen molar-refractivity contribution in [1.82, 2.24) is 5.32 Å². The van der Waals surface area contributed by atoms with Gasteiger partial charge in [-0.3, -0.25) is 4.79 Å². The zero-order valence-corrected chi connectivity index (χ0v) is 12.3. The van der Waals surface area contributed by atoms with E-state index >= 15 is 0 Å². The lowest BCUT2D eigenvalue weighted by atomic mass is 9.85. The standard InChI is InChI=1S/C16H24N2O/c1-11(12-9-17-10-12)15(19)18-14-8-6-5-7-13(14)16(2,3)4/h5-8,11-12,17H,9-10H2,1-4H3,(H,18,19). The average molecular weight is 260 g/mol. The van der Waals surface area contributed by atoms with Gasteiger partial charge in [0.05, 0.1) is 0 Å². The summed E-state index contributed by atoms with van der Waals surface area (Å²) in [6.45, 7) is 10.4. The van der Waals surface area contributed by atoms with Crippen LogP contribution in [0.1, 0.15) is 33.3 Å². The van der Waals surface area contributed by atoms with Crippen molar-refractivity contribution in [2.75, 3.05) is 18.4 Å². The highest BCUT2D eigenvalue weighted by Gasteiger charge is 2.29. The Hall–Kier alpha value is -1.35. The van der Waals surface area contributed by atoms with Crippen molar-refractivity contribution in [3.05, 3.63) is 29.8 Å². The Labute approximate surface area is 115 Å². The Morgan fingerprint density at radius 1 is 1.32 bits per heavy atom. The normalized spacial score (nSPS) is 17.7. The van der Waals surface area contributed by atoms with Crippen LogP contribution in [0.3, 0.4) is 0 Å². The maximum atomic E-state index is 12.3. The molecule has 1 aliphatic rings. The smallest absolute Gasteiger partial charge is 0.227 e. The minimum Gasteiger partial charge on any atom is -0.326 e. The number of amides is 1. The summed E-state index contributed by atoms with van der Waals surface area (Å²) in [4.78, 5) is 12.3. The maximum absolute atomic E-state index is 12.3. The van der Waals surface area contributed by atoms with Crippen molar-refractivity contribution < 1.29 is 4.79 Å². The van der Waals surface area contributed by atoms with E-state index in [1.54, 1.807) is 0 Å². The van der Waals surface area contributed by atoms with Gasteiger partial charge >= 0.3 is 0 Å². The molecule has 1 saturated heterocycles. The molecule has 1 atom stereocenters. The van der Waals surface area contributed by atoms with Crippen LogP contribution in [0, 0.1) is 11.8 Å². The number of hydrogen-bond acceptors (Lipinski definition) is 2. The number of nitrogens with one attached hydrogen (secondary N) is 2. The van der Waals surface area contributed by atoms with Crippen molar-refractivity contribution in [3.8, 4) is 0 Å². The molecule has 1 aromatic carbocycles. The van der Waals surface area contributed by atoms with Crippen LogP contribution in [-0.4, -0.2) is 19.0 Å². The lowest BCUT2D eigenvalue weighted by molar-refractivity contribution is -0.121. The van der Waals surface area contributed by atoms with Crippen molar-refractivity contribution >= 4 is 11.6 Å². The van der Waals surface area contributed by atoms with Gasteiger partial charge in [0, 0.05) is 11.6 Å². The molecule has 3 heteroatoms. The van der Waals surface area contributed by atoms with E-state index in [-0.39, 0.29) is 17.2 Å². The third kappa shape index (κ3) is 3.16. The van der Waals surface area contributed by atoms with Crippen molar-refractivity contribution in [1.29, 1.82) is 0 Å². The molecule has 1 fully saturated rings. The fourth-order valence-electron chi connectivity index (χ4n) is 2.37. The lowest BCUT2D eigenvalue weighted by Crippen LogP contribution is -2.48. The van der Waals surface area contributed by atoms with Crippen molar-refractivity contribution in [3.63, 3.8) is 0 Å². The molecule has 19 heavy (non-hydrogen) atoms. The summed E-state index contributed by atoms with van der Waals surface area (Å²) >= 11 is 0. The zero-order valence-electron chi connectivity index (χ0n) is 12.3. The molecule has 1 amide bonds. The number of para-hydroxylation sites is 1. The van der Waals surface area contributed by atoms with Crippen LogP contribution in [0.4, 0.5) is 5.69 Å². The molecule has 0 aromatic heterocycles. The molecular formula is C16H24N2O. The molecule has 104 valence electrons. The molecule has 1 heterocycles. The van der Waals surface area contributed by atoms with Gasteiger partial charge in [-0.05, 0) is 36.1 Å². The van der Waals surface area contributed by atoms with E-state index in [9.17, 15) is 4.79 Å². The molecule has 1 aliphatic heterocycles. The predicted octanol–water partition coefficient (Wildman–Crippen LogP) is 2.78. The monoisotopic (exact) mass is 260 g/mol. The summed E-state index contributed by atoms with van der Waals surface area (Å²) in [5.41, 5.74) is 2.16. The largest absolute Gasteiger partial charge is 0.326 e.